The third-order valence-electron chi connectivity index (χ3n) is 3.63. The number of pyridine rings is 1. The molecule has 0 bridgehead atoms. The first kappa shape index (κ1) is 16.5. The highest BCUT2D eigenvalue weighted by Gasteiger charge is 2.11. The molecule has 0 fully saturated rings. The lowest BCUT2D eigenvalue weighted by atomic mass is 10.1. The highest BCUT2D eigenvalue weighted by molar-refractivity contribution is 5.78. The third-order valence-corrected chi connectivity index (χ3v) is 3.63. The lowest BCUT2D eigenvalue weighted by Gasteiger charge is -2.07. The topological polar surface area (TPSA) is 118 Å². The number of rotatable bonds is 5. The number of aromatic nitrogens is 6. The zero-order valence-corrected chi connectivity index (χ0v) is 13.9. The highest BCUT2D eigenvalue weighted by atomic mass is 16.2. The van der Waals surface area contributed by atoms with Gasteiger partial charge in [-0.2, -0.15) is 5.10 Å². The highest BCUT2D eigenvalue weighted by Crippen LogP contribution is 2.04. The lowest BCUT2D eigenvalue weighted by molar-refractivity contribution is -0.120. The van der Waals surface area contributed by atoms with Crippen LogP contribution in [0.15, 0.2) is 35.8 Å². The van der Waals surface area contributed by atoms with Crippen molar-refractivity contribution in [2.24, 2.45) is 0 Å². The van der Waals surface area contributed by atoms with Crippen LogP contribution in [0.2, 0.25) is 0 Å². The Morgan fingerprint density at radius 2 is 2.16 bits per heavy atom. The van der Waals surface area contributed by atoms with Crippen LogP contribution >= 0.6 is 0 Å². The maximum Gasteiger partial charge on any atom is 0.254 e. The van der Waals surface area contributed by atoms with E-state index in [1.165, 1.54) is 6.33 Å². The largest absolute Gasteiger partial charge is 0.352 e. The van der Waals surface area contributed by atoms with Gasteiger partial charge in [0.25, 0.3) is 5.56 Å². The quantitative estimate of drug-likeness (QED) is 0.686. The molecule has 0 aliphatic heterocycles. The Morgan fingerprint density at radius 1 is 1.32 bits per heavy atom. The molecule has 3 aromatic rings. The van der Waals surface area contributed by atoms with E-state index in [4.69, 9.17) is 0 Å². The summed E-state index contributed by atoms with van der Waals surface area (Å²) >= 11 is 0. The van der Waals surface area contributed by atoms with Crippen LogP contribution in [-0.4, -0.2) is 35.6 Å². The van der Waals surface area contributed by atoms with Crippen molar-refractivity contribution >= 4 is 5.91 Å². The molecule has 9 nitrogen and oxygen atoms in total. The van der Waals surface area contributed by atoms with Gasteiger partial charge in [0, 0.05) is 24.0 Å². The van der Waals surface area contributed by atoms with Crippen molar-refractivity contribution in [2.45, 2.75) is 26.8 Å². The zero-order chi connectivity index (χ0) is 17.8. The van der Waals surface area contributed by atoms with Crippen molar-refractivity contribution in [2.75, 3.05) is 0 Å². The summed E-state index contributed by atoms with van der Waals surface area (Å²) in [6.45, 7) is 3.74. The summed E-state index contributed by atoms with van der Waals surface area (Å²) in [6, 6.07) is 3.63. The molecule has 0 aliphatic carbocycles. The van der Waals surface area contributed by atoms with Gasteiger partial charge in [-0.25, -0.2) is 19.6 Å². The molecular weight excluding hydrogens is 322 g/mol. The Hall–Kier alpha value is -3.36. The predicted molar refractivity (Wildman–Crippen MR) is 89.0 cm³/mol. The van der Waals surface area contributed by atoms with Gasteiger partial charge in [0.1, 0.15) is 18.5 Å². The first-order valence-corrected chi connectivity index (χ1v) is 7.66. The number of carbonyl (C=O) groups excluding carboxylic acids is 1. The van der Waals surface area contributed by atoms with Gasteiger partial charge in [0.05, 0.1) is 6.42 Å². The first-order valence-electron chi connectivity index (χ1n) is 7.66. The Bertz CT molecular complexity index is 930. The minimum atomic E-state index is -0.279. The van der Waals surface area contributed by atoms with Crippen LogP contribution in [0.4, 0.5) is 0 Å². The minimum Gasteiger partial charge on any atom is -0.352 e. The van der Waals surface area contributed by atoms with Gasteiger partial charge < -0.3 is 10.3 Å². The normalized spacial score (nSPS) is 10.6. The summed E-state index contributed by atoms with van der Waals surface area (Å²) in [6.07, 6.45) is 4.63. The third kappa shape index (κ3) is 3.94. The van der Waals surface area contributed by atoms with Gasteiger partial charge in [-0.05, 0) is 25.5 Å². The Kier molecular flexibility index (Phi) is 4.64. The number of nitrogens with zero attached hydrogens (tertiary/aromatic N) is 5. The maximum atomic E-state index is 12.1. The number of aryl methyl sites for hydroxylation is 2. The molecule has 0 saturated heterocycles. The summed E-state index contributed by atoms with van der Waals surface area (Å²) in [5, 5.41) is 6.77. The number of hydrogen-bond donors (Lipinski definition) is 2. The van der Waals surface area contributed by atoms with E-state index < -0.39 is 0 Å². The fourth-order valence-electron chi connectivity index (χ4n) is 2.37. The summed E-state index contributed by atoms with van der Waals surface area (Å²) in [7, 11) is 0. The van der Waals surface area contributed by atoms with Crippen LogP contribution < -0.4 is 10.9 Å². The molecular formula is C16H17N7O2. The second-order valence-electron chi connectivity index (χ2n) is 5.53. The Balaban J connectivity index is 1.60. The van der Waals surface area contributed by atoms with E-state index in [1.54, 1.807) is 37.1 Å². The maximum absolute atomic E-state index is 12.1. The fourth-order valence-corrected chi connectivity index (χ4v) is 2.37. The first-order chi connectivity index (χ1) is 12.0. The molecule has 3 rings (SSSR count). The van der Waals surface area contributed by atoms with Crippen molar-refractivity contribution in [3.05, 3.63) is 64.0 Å². The van der Waals surface area contributed by atoms with Crippen molar-refractivity contribution in [1.82, 2.24) is 35.0 Å². The Labute approximate surface area is 143 Å². The fraction of sp³-hybridized carbons (Fsp3) is 0.250. The molecule has 2 N–H and O–H groups in total. The predicted octanol–water partition coefficient (Wildman–Crippen LogP) is 0.221. The average Bonchev–Trinajstić information content (AvgIpc) is 3.11. The molecule has 0 saturated carbocycles. The number of carbonyl (C=O) groups is 1. The van der Waals surface area contributed by atoms with E-state index in [1.807, 2.05) is 6.07 Å². The van der Waals surface area contributed by atoms with Crippen LogP contribution in [0.1, 0.15) is 22.6 Å². The van der Waals surface area contributed by atoms with Crippen LogP contribution in [-0.2, 0) is 17.8 Å². The number of hydrogen-bond acceptors (Lipinski definition) is 6. The van der Waals surface area contributed by atoms with E-state index in [9.17, 15) is 9.59 Å². The van der Waals surface area contributed by atoms with Crippen molar-refractivity contribution < 1.29 is 4.79 Å². The Morgan fingerprint density at radius 3 is 2.80 bits per heavy atom. The van der Waals surface area contributed by atoms with Crippen molar-refractivity contribution in [1.29, 1.82) is 0 Å². The average molecular weight is 339 g/mol. The molecule has 0 spiro atoms. The van der Waals surface area contributed by atoms with Crippen LogP contribution in [0.3, 0.4) is 0 Å². The van der Waals surface area contributed by atoms with E-state index >= 15 is 0 Å². The summed E-state index contributed by atoms with van der Waals surface area (Å²) < 4.78 is 1.54. The number of aromatic amines is 1. The van der Waals surface area contributed by atoms with Crippen LogP contribution in [0.25, 0.3) is 5.82 Å². The second kappa shape index (κ2) is 7.04. The zero-order valence-electron chi connectivity index (χ0n) is 13.9. The molecule has 0 aromatic carbocycles. The lowest BCUT2D eigenvalue weighted by Crippen LogP contribution is -2.29. The summed E-state index contributed by atoms with van der Waals surface area (Å²) in [5.41, 5.74) is 1.50. The van der Waals surface area contributed by atoms with Gasteiger partial charge in [-0.3, -0.25) is 9.59 Å². The molecule has 0 aliphatic rings. The van der Waals surface area contributed by atoms with Gasteiger partial charge in [0.2, 0.25) is 5.91 Å². The van der Waals surface area contributed by atoms with Crippen LogP contribution in [0, 0.1) is 13.8 Å². The molecule has 3 heterocycles. The number of H-pyrrole nitrogens is 1. The molecule has 3 aromatic heterocycles. The summed E-state index contributed by atoms with van der Waals surface area (Å²) in [5.74, 6) is 0.922. The minimum absolute atomic E-state index is 0.0150. The van der Waals surface area contributed by atoms with E-state index in [2.05, 4.69) is 30.4 Å². The summed E-state index contributed by atoms with van der Waals surface area (Å²) in [4.78, 5) is 38.9. The van der Waals surface area contributed by atoms with Gasteiger partial charge >= 0.3 is 0 Å². The van der Waals surface area contributed by atoms with Crippen LogP contribution in [0.5, 0.6) is 0 Å². The number of amides is 1. The molecule has 25 heavy (non-hydrogen) atoms. The van der Waals surface area contributed by atoms with E-state index in [-0.39, 0.29) is 17.9 Å². The smallest absolute Gasteiger partial charge is 0.254 e. The van der Waals surface area contributed by atoms with Crippen molar-refractivity contribution in [3.8, 4) is 5.82 Å². The second-order valence-corrected chi connectivity index (χ2v) is 5.53. The molecule has 9 heteroatoms. The van der Waals surface area contributed by atoms with Gasteiger partial charge in [0.15, 0.2) is 5.82 Å². The van der Waals surface area contributed by atoms with Gasteiger partial charge in [-0.1, -0.05) is 6.07 Å². The standard InChI is InChI=1S/C16H17N7O2/c1-10-13(16(25)22-11(2)21-10)5-15(24)19-7-12-3-4-14(18-6-12)23-9-17-8-20-23/h3-4,6,8-9H,5,7H2,1-2H3,(H,19,24)(H,21,22,25). The molecule has 1 amide bonds. The van der Waals surface area contributed by atoms with E-state index in [0.717, 1.165) is 5.56 Å². The molecule has 0 unspecified atom stereocenters. The monoisotopic (exact) mass is 339 g/mol. The molecule has 0 radical (unpaired) electrons. The SMILES string of the molecule is Cc1nc(C)c(CC(=O)NCc2ccc(-n3cncn3)nc2)c(=O)[nH]1. The van der Waals surface area contributed by atoms with E-state index in [0.29, 0.717) is 29.4 Å². The molecule has 128 valence electrons. The molecule has 0 atom stereocenters. The van der Waals surface area contributed by atoms with Crippen molar-refractivity contribution in [3.63, 3.8) is 0 Å². The van der Waals surface area contributed by atoms with Gasteiger partial charge in [-0.15, -0.1) is 0 Å². The number of nitrogens with one attached hydrogen (secondary N) is 2.